The van der Waals surface area contributed by atoms with Crippen LogP contribution in [0.3, 0.4) is 0 Å². The smallest absolute Gasteiger partial charge is 0.307 e. The molecule has 1 aromatic heterocycles. The molecule has 0 bridgehead atoms. The number of benzene rings is 2. The molecule has 1 unspecified atom stereocenters. The number of aryl methyl sites for hydroxylation is 1. The third-order valence-corrected chi connectivity index (χ3v) is 3.94. The summed E-state index contributed by atoms with van der Waals surface area (Å²) >= 11 is 0. The van der Waals surface area contributed by atoms with Gasteiger partial charge in [0.2, 0.25) is 5.27 Å². The fraction of sp³-hybridized carbons (Fsp3) is 0.211. The highest BCUT2D eigenvalue weighted by Crippen LogP contribution is 2.14. The van der Waals surface area contributed by atoms with Gasteiger partial charge in [-0.2, -0.15) is 0 Å². The van der Waals surface area contributed by atoms with Crippen molar-refractivity contribution in [1.82, 2.24) is 5.27 Å². The van der Waals surface area contributed by atoms with Crippen molar-refractivity contribution in [3.05, 3.63) is 71.9 Å². The van der Waals surface area contributed by atoms with Gasteiger partial charge < -0.3 is 5.32 Å². The maximum atomic E-state index is 12.1. The number of para-hydroxylation sites is 1. The second kappa shape index (κ2) is 7.61. The van der Waals surface area contributed by atoms with Gasteiger partial charge >= 0.3 is 11.9 Å². The molecule has 0 aliphatic carbocycles. The summed E-state index contributed by atoms with van der Waals surface area (Å²) in [6.07, 6.45) is 2.51. The van der Waals surface area contributed by atoms with E-state index in [1.54, 1.807) is 10.9 Å². The number of anilines is 2. The van der Waals surface area contributed by atoms with E-state index in [1.165, 1.54) is 5.56 Å². The number of nitrogens with one attached hydrogen (secondary N) is 2. The highest BCUT2D eigenvalue weighted by Gasteiger charge is 2.21. The molecule has 128 valence electrons. The van der Waals surface area contributed by atoms with E-state index in [9.17, 15) is 4.79 Å². The first-order valence-corrected chi connectivity index (χ1v) is 8.17. The van der Waals surface area contributed by atoms with E-state index in [0.717, 1.165) is 17.7 Å². The van der Waals surface area contributed by atoms with Crippen LogP contribution in [0.4, 0.5) is 16.4 Å². The summed E-state index contributed by atoms with van der Waals surface area (Å²) in [7, 11) is 0. The van der Waals surface area contributed by atoms with Crippen LogP contribution in [-0.2, 0) is 6.42 Å². The Morgan fingerprint density at radius 3 is 2.60 bits per heavy atom. The Morgan fingerprint density at radius 1 is 1.12 bits per heavy atom. The number of rotatable bonds is 5. The topological polar surface area (TPSA) is 71.0 Å². The molecule has 0 spiro atoms. The lowest BCUT2D eigenvalue weighted by atomic mass is 10.1. The summed E-state index contributed by atoms with van der Waals surface area (Å²) in [6.45, 7) is 3.98. The van der Waals surface area contributed by atoms with Gasteiger partial charge in [0.25, 0.3) is 6.20 Å². The second-order valence-electron chi connectivity index (χ2n) is 5.98. The predicted octanol–water partition coefficient (Wildman–Crippen LogP) is 3.72. The molecule has 0 saturated carbocycles. The average Bonchev–Trinajstić information content (AvgIpc) is 3.06. The first-order chi connectivity index (χ1) is 12.1. The zero-order valence-electron chi connectivity index (χ0n) is 14.3. The molecule has 3 rings (SSSR count). The lowest BCUT2D eigenvalue weighted by Crippen LogP contribution is -2.40. The van der Waals surface area contributed by atoms with Gasteiger partial charge in [0.15, 0.2) is 6.04 Å². The minimum absolute atomic E-state index is 0.112. The van der Waals surface area contributed by atoms with Crippen molar-refractivity contribution in [3.63, 3.8) is 0 Å². The van der Waals surface area contributed by atoms with Crippen LogP contribution in [0.5, 0.6) is 0 Å². The molecule has 2 aromatic carbocycles. The van der Waals surface area contributed by atoms with Gasteiger partial charge in [0.1, 0.15) is 0 Å². The highest BCUT2D eigenvalue weighted by atomic mass is 16.5. The fourth-order valence-corrected chi connectivity index (χ4v) is 2.55. The molecule has 0 fully saturated rings. The van der Waals surface area contributed by atoms with Crippen molar-refractivity contribution in [2.75, 3.05) is 10.6 Å². The normalized spacial score (nSPS) is 11.8. The Balaban J connectivity index is 1.59. The van der Waals surface area contributed by atoms with E-state index in [4.69, 9.17) is 4.52 Å². The molecule has 2 amide bonds. The highest BCUT2D eigenvalue weighted by molar-refractivity contribution is 5.99. The van der Waals surface area contributed by atoms with E-state index in [0.29, 0.717) is 5.88 Å². The average molecular weight is 337 g/mol. The van der Waals surface area contributed by atoms with Crippen LogP contribution >= 0.6 is 0 Å². The van der Waals surface area contributed by atoms with Crippen molar-refractivity contribution < 1.29 is 14.0 Å². The van der Waals surface area contributed by atoms with E-state index in [-0.39, 0.29) is 12.1 Å². The van der Waals surface area contributed by atoms with E-state index < -0.39 is 0 Å². The minimum Gasteiger partial charge on any atom is -0.307 e. The number of amides is 2. The van der Waals surface area contributed by atoms with Crippen LogP contribution < -0.4 is 15.3 Å². The Hall–Kier alpha value is -3.15. The van der Waals surface area contributed by atoms with Gasteiger partial charge in [-0.15, -0.1) is 0 Å². The number of hydrogen-bond acceptors (Lipinski definition) is 3. The number of carbonyl (C=O) groups excluding carboxylic acids is 1. The van der Waals surface area contributed by atoms with E-state index in [1.807, 2.05) is 56.3 Å². The Labute approximate surface area is 146 Å². The maximum absolute atomic E-state index is 12.1. The zero-order valence-corrected chi connectivity index (χ0v) is 14.3. The van der Waals surface area contributed by atoms with Gasteiger partial charge in [-0.25, -0.2) is 4.79 Å². The van der Waals surface area contributed by atoms with Gasteiger partial charge in [-0.1, -0.05) is 48.5 Å². The first-order valence-electron chi connectivity index (χ1n) is 8.17. The zero-order chi connectivity index (χ0) is 17.6. The summed E-state index contributed by atoms with van der Waals surface area (Å²) < 4.78 is 6.91. The second-order valence-corrected chi connectivity index (χ2v) is 5.98. The Kier molecular flexibility index (Phi) is 5.09. The number of nitrogens with zero attached hydrogens (tertiary/aromatic N) is 2. The largest absolute Gasteiger partial charge is 0.326 e. The molecule has 3 aromatic rings. The lowest BCUT2D eigenvalue weighted by Gasteiger charge is -2.06. The quantitative estimate of drug-likeness (QED) is 0.697. The molecular weight excluding hydrogens is 316 g/mol. The Morgan fingerprint density at radius 2 is 1.84 bits per heavy atom. The van der Waals surface area contributed by atoms with Gasteiger partial charge in [-0.05, 0) is 28.8 Å². The maximum Gasteiger partial charge on any atom is 0.326 e. The van der Waals surface area contributed by atoms with Gasteiger partial charge in [-0.3, -0.25) is 9.84 Å². The van der Waals surface area contributed by atoms with E-state index in [2.05, 4.69) is 28.0 Å². The lowest BCUT2D eigenvalue weighted by molar-refractivity contribution is -0.782. The standard InChI is InChI=1S/C19H20N4O2/c1-14-8-6-7-11-17(14)20-19(24)21-18-13-23(22-25-18)15(2)12-16-9-4-3-5-10-16/h3-11,13,15H,12H2,1-2H3,(H-,20,21,22,24)/p+1. The number of hydrogen-bond donors (Lipinski definition) is 2. The molecule has 25 heavy (non-hydrogen) atoms. The Bertz CT molecular complexity index is 845. The predicted molar refractivity (Wildman–Crippen MR) is 95.4 cm³/mol. The molecule has 0 aliphatic rings. The molecule has 0 radical (unpaired) electrons. The summed E-state index contributed by atoms with van der Waals surface area (Å²) in [5.74, 6) is 0.297. The molecule has 1 heterocycles. The molecule has 6 nitrogen and oxygen atoms in total. The SMILES string of the molecule is Cc1ccccc1NC(=O)Nc1c[n+](C(C)Cc2ccccc2)no1. The van der Waals surface area contributed by atoms with Crippen LogP contribution in [0, 0.1) is 6.92 Å². The summed E-state index contributed by atoms with van der Waals surface area (Å²) in [4.78, 5) is 12.1. The van der Waals surface area contributed by atoms with Crippen molar-refractivity contribution in [3.8, 4) is 0 Å². The minimum atomic E-state index is -0.367. The van der Waals surface area contributed by atoms with Crippen LogP contribution in [0.15, 0.2) is 65.3 Å². The fourth-order valence-electron chi connectivity index (χ4n) is 2.55. The first kappa shape index (κ1) is 16.7. The van der Waals surface area contributed by atoms with Gasteiger partial charge in [0.05, 0.1) is 0 Å². The molecule has 6 heteroatoms. The monoisotopic (exact) mass is 337 g/mol. The van der Waals surface area contributed by atoms with Crippen LogP contribution in [0.25, 0.3) is 0 Å². The summed E-state index contributed by atoms with van der Waals surface area (Å²) in [5, 5.41) is 9.44. The molecule has 1 atom stereocenters. The van der Waals surface area contributed by atoms with Crippen LogP contribution in [0.2, 0.25) is 0 Å². The number of carbonyl (C=O) groups is 1. The van der Waals surface area contributed by atoms with Crippen LogP contribution in [-0.4, -0.2) is 11.3 Å². The van der Waals surface area contributed by atoms with E-state index >= 15 is 0 Å². The van der Waals surface area contributed by atoms with Crippen molar-refractivity contribution in [1.29, 1.82) is 0 Å². The molecule has 0 aliphatic heterocycles. The molecule has 0 saturated heterocycles. The third-order valence-electron chi connectivity index (χ3n) is 3.94. The number of urea groups is 1. The number of aromatic nitrogens is 2. The molecule has 2 N–H and O–H groups in total. The van der Waals surface area contributed by atoms with Crippen molar-refractivity contribution in [2.24, 2.45) is 0 Å². The van der Waals surface area contributed by atoms with Gasteiger partial charge in [0, 0.05) is 19.0 Å². The molecular formula is C19H21N4O2+. The third kappa shape index (κ3) is 4.44. The van der Waals surface area contributed by atoms with Crippen molar-refractivity contribution in [2.45, 2.75) is 26.3 Å². The van der Waals surface area contributed by atoms with Crippen molar-refractivity contribution >= 4 is 17.6 Å². The summed E-state index contributed by atoms with van der Waals surface area (Å²) in [5.41, 5.74) is 2.96. The van der Waals surface area contributed by atoms with Crippen LogP contribution in [0.1, 0.15) is 24.1 Å². The summed E-state index contributed by atoms with van der Waals surface area (Å²) in [6, 6.07) is 17.5.